The number of benzene rings is 3. The molecule has 0 aliphatic heterocycles. The molecule has 0 unspecified atom stereocenters. The number of hydrogen-bond acceptors (Lipinski definition) is 7. The summed E-state index contributed by atoms with van der Waals surface area (Å²) in [6.07, 6.45) is 0.514. The number of rotatable bonds is 7. The van der Waals surface area contributed by atoms with Gasteiger partial charge in [0.15, 0.2) is 5.75 Å². The van der Waals surface area contributed by atoms with Gasteiger partial charge in [-0.1, -0.05) is 51.1 Å². The smallest absolute Gasteiger partial charge is 0.310 e. The number of carbonyl (C=O) groups excluding carboxylic acids is 3. The molecule has 6 nitrogen and oxygen atoms in total. The summed E-state index contributed by atoms with van der Waals surface area (Å²) in [6.45, 7) is 5.11. The van der Waals surface area contributed by atoms with Crippen LogP contribution in [0, 0.1) is 0 Å². The van der Waals surface area contributed by atoms with Gasteiger partial charge < -0.3 is 14.2 Å². The number of hydrogen-bond donors (Lipinski definition) is 0. The number of carbonyl (C=O) groups is 3. The molecule has 0 saturated heterocycles. The topological polar surface area (TPSA) is 78.9 Å². The van der Waals surface area contributed by atoms with Gasteiger partial charge in [0, 0.05) is 29.7 Å². The molecule has 0 bridgehead atoms. The molecule has 0 atom stereocenters. The predicted molar refractivity (Wildman–Crippen MR) is 133 cm³/mol. The molecule has 34 heavy (non-hydrogen) atoms. The van der Waals surface area contributed by atoms with Crippen molar-refractivity contribution >= 4 is 50.8 Å². The fourth-order valence-electron chi connectivity index (χ4n) is 3.75. The van der Waals surface area contributed by atoms with Crippen LogP contribution < -0.4 is 14.2 Å². The van der Waals surface area contributed by atoms with E-state index in [-0.39, 0.29) is 36.5 Å². The minimum absolute atomic E-state index is 0.142. The molecule has 7 heteroatoms. The number of esters is 3. The minimum Gasteiger partial charge on any atom is -0.426 e. The molecule has 0 aliphatic rings. The van der Waals surface area contributed by atoms with Crippen LogP contribution >= 0.6 is 11.3 Å². The van der Waals surface area contributed by atoms with Crippen molar-refractivity contribution in [1.82, 2.24) is 0 Å². The van der Waals surface area contributed by atoms with Gasteiger partial charge in [0.25, 0.3) is 0 Å². The van der Waals surface area contributed by atoms with Crippen LogP contribution in [0.4, 0.5) is 0 Å². The van der Waals surface area contributed by atoms with Crippen molar-refractivity contribution in [1.29, 1.82) is 0 Å². The summed E-state index contributed by atoms with van der Waals surface area (Å²) in [5, 5.41) is 4.44. The first-order valence-electron chi connectivity index (χ1n) is 11.2. The van der Waals surface area contributed by atoms with Gasteiger partial charge in [-0.15, -0.1) is 11.3 Å². The van der Waals surface area contributed by atoms with Crippen LogP contribution in [-0.2, 0) is 14.4 Å². The quantitative estimate of drug-likeness (QED) is 0.168. The van der Waals surface area contributed by atoms with Crippen molar-refractivity contribution in [2.75, 3.05) is 0 Å². The maximum absolute atomic E-state index is 12.5. The zero-order chi connectivity index (χ0) is 24.2. The van der Waals surface area contributed by atoms with E-state index in [0.717, 1.165) is 21.2 Å². The van der Waals surface area contributed by atoms with E-state index in [4.69, 9.17) is 14.2 Å². The Morgan fingerprint density at radius 3 is 1.62 bits per heavy atom. The highest BCUT2D eigenvalue weighted by Crippen LogP contribution is 2.50. The lowest BCUT2D eigenvalue weighted by Crippen LogP contribution is -2.10. The van der Waals surface area contributed by atoms with E-state index in [0.29, 0.717) is 10.8 Å². The zero-order valence-corrected chi connectivity index (χ0v) is 20.0. The molecule has 0 saturated carbocycles. The highest BCUT2D eigenvalue weighted by molar-refractivity contribution is 7.13. The van der Waals surface area contributed by atoms with Crippen molar-refractivity contribution < 1.29 is 28.6 Å². The van der Waals surface area contributed by atoms with Crippen LogP contribution in [0.5, 0.6) is 17.2 Å². The molecule has 0 aliphatic carbocycles. The fraction of sp³-hybridized carbons (Fsp3) is 0.222. The van der Waals surface area contributed by atoms with Gasteiger partial charge in [0.1, 0.15) is 11.5 Å². The third kappa shape index (κ3) is 4.39. The van der Waals surface area contributed by atoms with Crippen molar-refractivity contribution in [2.24, 2.45) is 0 Å². The molecule has 0 amide bonds. The highest BCUT2D eigenvalue weighted by atomic mass is 32.1. The van der Waals surface area contributed by atoms with Gasteiger partial charge in [-0.05, 0) is 34.4 Å². The van der Waals surface area contributed by atoms with E-state index in [9.17, 15) is 14.4 Å². The summed E-state index contributed by atoms with van der Waals surface area (Å²) in [5.74, 6) is -0.525. The lowest BCUT2D eigenvalue weighted by atomic mass is 9.93. The van der Waals surface area contributed by atoms with Crippen LogP contribution in [0.1, 0.15) is 40.0 Å². The Labute approximate surface area is 201 Å². The summed E-state index contributed by atoms with van der Waals surface area (Å²) >= 11 is 1.56. The first kappa shape index (κ1) is 23.4. The summed E-state index contributed by atoms with van der Waals surface area (Å²) in [7, 11) is 0. The second-order valence-electron chi connectivity index (χ2n) is 7.52. The Bertz CT molecular complexity index is 1310. The Hall–Kier alpha value is -3.71. The van der Waals surface area contributed by atoms with Crippen LogP contribution in [0.15, 0.2) is 53.9 Å². The standard InChI is InChI=1S/C27H24O6S/c1-4-21(28)31-18-12-7-10-16-24(20-14-9-15-34-20)17-11-8-13-19(32-22(29)5-2)26(17)27(25(16)18)33-23(30)6-3/h7-15H,4-6H2,1-3H3. The van der Waals surface area contributed by atoms with Gasteiger partial charge in [-0.2, -0.15) is 0 Å². The fourth-order valence-corrected chi connectivity index (χ4v) is 4.55. The monoisotopic (exact) mass is 476 g/mol. The average Bonchev–Trinajstić information content (AvgIpc) is 3.38. The maximum Gasteiger partial charge on any atom is 0.310 e. The average molecular weight is 477 g/mol. The molecule has 3 aromatic carbocycles. The lowest BCUT2D eigenvalue weighted by Gasteiger charge is -2.19. The van der Waals surface area contributed by atoms with Crippen molar-refractivity contribution in [3.8, 4) is 27.7 Å². The molecule has 0 fully saturated rings. The van der Waals surface area contributed by atoms with Crippen molar-refractivity contribution in [2.45, 2.75) is 40.0 Å². The van der Waals surface area contributed by atoms with Crippen LogP contribution in [0.3, 0.4) is 0 Å². The van der Waals surface area contributed by atoms with E-state index in [1.165, 1.54) is 0 Å². The normalized spacial score (nSPS) is 10.9. The summed E-state index contributed by atoms with van der Waals surface area (Å²) in [6, 6.07) is 14.7. The Morgan fingerprint density at radius 2 is 1.18 bits per heavy atom. The first-order chi connectivity index (χ1) is 16.5. The molecule has 4 rings (SSSR count). The van der Waals surface area contributed by atoms with Crippen molar-refractivity contribution in [3.63, 3.8) is 0 Å². The molecular formula is C27H24O6S. The van der Waals surface area contributed by atoms with Gasteiger partial charge in [-0.3, -0.25) is 14.4 Å². The van der Waals surface area contributed by atoms with Gasteiger partial charge in [0.05, 0.1) is 10.8 Å². The number of thiophene rings is 1. The minimum atomic E-state index is -0.459. The summed E-state index contributed by atoms with van der Waals surface area (Å²) < 4.78 is 17.2. The van der Waals surface area contributed by atoms with Crippen LogP contribution in [-0.4, -0.2) is 17.9 Å². The second kappa shape index (κ2) is 10.1. The molecule has 0 radical (unpaired) electrons. The largest absolute Gasteiger partial charge is 0.426 e. The second-order valence-corrected chi connectivity index (χ2v) is 8.47. The van der Waals surface area contributed by atoms with E-state index in [1.807, 2.05) is 29.6 Å². The van der Waals surface area contributed by atoms with E-state index in [1.54, 1.807) is 56.4 Å². The molecule has 0 spiro atoms. The SMILES string of the molecule is CCC(=O)Oc1cccc2c(-c3cccs3)c3cccc(OC(=O)CC)c3c(OC(=O)CC)c12. The van der Waals surface area contributed by atoms with Gasteiger partial charge >= 0.3 is 17.9 Å². The molecule has 1 aromatic heterocycles. The number of fused-ring (bicyclic) bond motifs is 2. The van der Waals surface area contributed by atoms with E-state index >= 15 is 0 Å². The van der Waals surface area contributed by atoms with Crippen LogP contribution in [0.25, 0.3) is 32.0 Å². The Morgan fingerprint density at radius 1 is 0.676 bits per heavy atom. The Balaban J connectivity index is 2.20. The third-order valence-corrected chi connectivity index (χ3v) is 6.23. The van der Waals surface area contributed by atoms with Crippen molar-refractivity contribution in [3.05, 3.63) is 53.9 Å². The van der Waals surface area contributed by atoms with Gasteiger partial charge in [-0.25, -0.2) is 0 Å². The lowest BCUT2D eigenvalue weighted by molar-refractivity contribution is -0.134. The Kier molecular flexibility index (Phi) is 6.93. The van der Waals surface area contributed by atoms with E-state index < -0.39 is 17.9 Å². The predicted octanol–water partition coefficient (Wildman–Crippen LogP) is 6.67. The highest BCUT2D eigenvalue weighted by Gasteiger charge is 2.25. The van der Waals surface area contributed by atoms with Gasteiger partial charge in [0.2, 0.25) is 0 Å². The summed E-state index contributed by atoms with van der Waals surface area (Å²) in [4.78, 5) is 38.0. The number of ether oxygens (including phenoxy) is 3. The molecule has 4 aromatic rings. The van der Waals surface area contributed by atoms with Crippen LogP contribution in [0.2, 0.25) is 0 Å². The first-order valence-corrected chi connectivity index (χ1v) is 12.0. The molecule has 0 N–H and O–H groups in total. The molecule has 174 valence electrons. The molecular weight excluding hydrogens is 452 g/mol. The zero-order valence-electron chi connectivity index (χ0n) is 19.2. The molecule has 1 heterocycles. The third-order valence-electron chi connectivity index (χ3n) is 5.34. The summed E-state index contributed by atoms with van der Waals surface area (Å²) in [5.41, 5.74) is 0.875. The maximum atomic E-state index is 12.5. The van der Waals surface area contributed by atoms with E-state index in [2.05, 4.69) is 0 Å².